The van der Waals surface area contributed by atoms with E-state index in [2.05, 4.69) is 10.3 Å². The third kappa shape index (κ3) is 3.12. The SMILES string of the molecule is Cc1nc(NC(=O)c2cccc3c(=O)c(C)c(-c4ccccc4)oc23)sc1C. The first-order valence-corrected chi connectivity index (χ1v) is 9.64. The number of para-hydroxylation sites is 1. The lowest BCUT2D eigenvalue weighted by Crippen LogP contribution is -2.14. The molecule has 0 radical (unpaired) electrons. The summed E-state index contributed by atoms with van der Waals surface area (Å²) in [4.78, 5) is 31.2. The van der Waals surface area contributed by atoms with E-state index in [0.29, 0.717) is 27.4 Å². The molecule has 5 nitrogen and oxygen atoms in total. The number of carbonyl (C=O) groups is 1. The number of amides is 1. The number of aromatic nitrogens is 1. The molecule has 2 aromatic heterocycles. The standard InChI is InChI=1S/C22H18N2O3S/c1-12-18(25)16-10-7-11-17(21(26)24-22-23-13(2)14(3)28-22)20(16)27-19(12)15-8-5-4-6-9-15/h4-11H,1-3H3,(H,23,24,26). The zero-order valence-corrected chi connectivity index (χ0v) is 16.5. The number of nitrogens with one attached hydrogen (secondary N) is 1. The van der Waals surface area contributed by atoms with Crippen LogP contribution in [0.15, 0.2) is 57.7 Å². The van der Waals surface area contributed by atoms with Crippen molar-refractivity contribution in [1.82, 2.24) is 4.98 Å². The molecule has 1 N–H and O–H groups in total. The molecule has 0 aliphatic rings. The van der Waals surface area contributed by atoms with Crippen LogP contribution in [0, 0.1) is 20.8 Å². The Morgan fingerprint density at radius 2 is 1.79 bits per heavy atom. The van der Waals surface area contributed by atoms with Gasteiger partial charge in [0, 0.05) is 16.0 Å². The van der Waals surface area contributed by atoms with E-state index in [-0.39, 0.29) is 16.9 Å². The molecular weight excluding hydrogens is 372 g/mol. The number of nitrogens with zero attached hydrogens (tertiary/aromatic N) is 1. The van der Waals surface area contributed by atoms with E-state index in [4.69, 9.17) is 4.42 Å². The van der Waals surface area contributed by atoms with Crippen LogP contribution in [-0.2, 0) is 0 Å². The lowest BCUT2D eigenvalue weighted by molar-refractivity contribution is 0.102. The molecule has 0 spiro atoms. The summed E-state index contributed by atoms with van der Waals surface area (Å²) in [7, 11) is 0. The number of carbonyl (C=O) groups excluding carboxylic acids is 1. The number of hydrogen-bond donors (Lipinski definition) is 1. The molecule has 4 rings (SSSR count). The van der Waals surface area contributed by atoms with Crippen LogP contribution in [0.25, 0.3) is 22.3 Å². The fourth-order valence-electron chi connectivity index (χ4n) is 3.04. The molecule has 0 bridgehead atoms. The summed E-state index contributed by atoms with van der Waals surface area (Å²) in [6.45, 7) is 5.59. The smallest absolute Gasteiger partial charge is 0.261 e. The molecule has 1 amide bonds. The van der Waals surface area contributed by atoms with E-state index in [1.165, 1.54) is 11.3 Å². The van der Waals surface area contributed by atoms with Gasteiger partial charge in [-0.05, 0) is 32.9 Å². The van der Waals surface area contributed by atoms with E-state index in [9.17, 15) is 9.59 Å². The Balaban J connectivity index is 1.86. The van der Waals surface area contributed by atoms with Gasteiger partial charge in [0.05, 0.1) is 16.6 Å². The number of hydrogen-bond acceptors (Lipinski definition) is 5. The van der Waals surface area contributed by atoms with Gasteiger partial charge in [0.2, 0.25) is 0 Å². The molecule has 0 saturated heterocycles. The Labute approximate surface area is 165 Å². The predicted molar refractivity (Wildman–Crippen MR) is 112 cm³/mol. The maximum Gasteiger partial charge on any atom is 0.261 e. The zero-order valence-electron chi connectivity index (χ0n) is 15.7. The third-order valence-corrected chi connectivity index (χ3v) is 5.66. The molecule has 2 heterocycles. The zero-order chi connectivity index (χ0) is 19.8. The molecule has 6 heteroatoms. The summed E-state index contributed by atoms with van der Waals surface area (Å²) in [6, 6.07) is 14.4. The lowest BCUT2D eigenvalue weighted by Gasteiger charge is -2.10. The van der Waals surface area contributed by atoms with E-state index >= 15 is 0 Å². The van der Waals surface area contributed by atoms with Gasteiger partial charge < -0.3 is 4.42 Å². The van der Waals surface area contributed by atoms with Crippen molar-refractivity contribution in [3.8, 4) is 11.3 Å². The fraction of sp³-hybridized carbons (Fsp3) is 0.136. The monoisotopic (exact) mass is 390 g/mol. The summed E-state index contributed by atoms with van der Waals surface area (Å²) >= 11 is 1.41. The molecule has 0 saturated carbocycles. The quantitative estimate of drug-likeness (QED) is 0.529. The van der Waals surface area contributed by atoms with Crippen LogP contribution in [-0.4, -0.2) is 10.9 Å². The van der Waals surface area contributed by atoms with Crippen molar-refractivity contribution in [2.75, 3.05) is 5.32 Å². The highest BCUT2D eigenvalue weighted by atomic mass is 32.1. The number of thiazole rings is 1. The maximum atomic E-state index is 12.9. The second kappa shape index (κ2) is 7.05. The highest BCUT2D eigenvalue weighted by Crippen LogP contribution is 2.28. The van der Waals surface area contributed by atoms with Crippen LogP contribution in [0.3, 0.4) is 0 Å². The average Bonchev–Trinajstić information content (AvgIpc) is 3.01. The van der Waals surface area contributed by atoms with Gasteiger partial charge in [0.15, 0.2) is 16.1 Å². The first-order valence-electron chi connectivity index (χ1n) is 8.83. The third-order valence-electron chi connectivity index (χ3n) is 4.67. The van der Waals surface area contributed by atoms with Crippen molar-refractivity contribution in [1.29, 1.82) is 0 Å². The number of fused-ring (bicyclic) bond motifs is 1. The summed E-state index contributed by atoms with van der Waals surface area (Å²) in [5, 5.41) is 3.72. The van der Waals surface area contributed by atoms with Crippen LogP contribution >= 0.6 is 11.3 Å². The summed E-state index contributed by atoms with van der Waals surface area (Å²) in [5.41, 5.74) is 2.63. The molecule has 0 unspecified atom stereocenters. The Kier molecular flexibility index (Phi) is 4.57. The van der Waals surface area contributed by atoms with Crippen LogP contribution in [0.4, 0.5) is 5.13 Å². The highest BCUT2D eigenvalue weighted by molar-refractivity contribution is 7.15. The average molecular weight is 390 g/mol. The fourth-order valence-corrected chi connectivity index (χ4v) is 3.85. The van der Waals surface area contributed by atoms with Gasteiger partial charge in [-0.15, -0.1) is 11.3 Å². The van der Waals surface area contributed by atoms with Gasteiger partial charge in [-0.3, -0.25) is 14.9 Å². The first kappa shape index (κ1) is 18.1. The first-order chi connectivity index (χ1) is 13.5. The van der Waals surface area contributed by atoms with Crippen LogP contribution in [0.5, 0.6) is 0 Å². The van der Waals surface area contributed by atoms with E-state index in [1.807, 2.05) is 44.2 Å². The molecule has 140 valence electrons. The molecule has 0 fully saturated rings. The highest BCUT2D eigenvalue weighted by Gasteiger charge is 2.19. The van der Waals surface area contributed by atoms with Crippen molar-refractivity contribution in [3.63, 3.8) is 0 Å². The molecule has 0 aliphatic heterocycles. The van der Waals surface area contributed by atoms with E-state index in [0.717, 1.165) is 16.1 Å². The Morgan fingerprint density at radius 1 is 1.04 bits per heavy atom. The van der Waals surface area contributed by atoms with Gasteiger partial charge in [-0.1, -0.05) is 36.4 Å². The van der Waals surface area contributed by atoms with Gasteiger partial charge in [-0.2, -0.15) is 0 Å². The van der Waals surface area contributed by atoms with Crippen molar-refractivity contribution in [2.45, 2.75) is 20.8 Å². The number of anilines is 1. The lowest BCUT2D eigenvalue weighted by atomic mass is 10.0. The number of aryl methyl sites for hydroxylation is 2. The van der Waals surface area contributed by atoms with E-state index < -0.39 is 0 Å². The molecule has 2 aromatic carbocycles. The van der Waals surface area contributed by atoms with Crippen LogP contribution in [0.2, 0.25) is 0 Å². The molecule has 4 aromatic rings. The second-order valence-electron chi connectivity index (χ2n) is 6.55. The number of rotatable bonds is 3. The summed E-state index contributed by atoms with van der Waals surface area (Å²) in [5.74, 6) is 0.115. The minimum atomic E-state index is -0.356. The van der Waals surface area contributed by atoms with E-state index in [1.54, 1.807) is 25.1 Å². The number of benzene rings is 2. The largest absolute Gasteiger partial charge is 0.455 e. The Morgan fingerprint density at radius 3 is 2.46 bits per heavy atom. The van der Waals surface area contributed by atoms with Crippen molar-refractivity contribution >= 4 is 33.3 Å². The van der Waals surface area contributed by atoms with Crippen LogP contribution < -0.4 is 10.7 Å². The molecular formula is C22H18N2O3S. The molecule has 28 heavy (non-hydrogen) atoms. The summed E-state index contributed by atoms with van der Waals surface area (Å²) < 4.78 is 6.10. The Bertz CT molecular complexity index is 1240. The van der Waals surface area contributed by atoms with Gasteiger partial charge in [0.25, 0.3) is 5.91 Å². The van der Waals surface area contributed by atoms with Crippen molar-refractivity contribution in [2.24, 2.45) is 0 Å². The minimum absolute atomic E-state index is 0.143. The molecule has 0 atom stereocenters. The van der Waals surface area contributed by atoms with Crippen LogP contribution in [0.1, 0.15) is 26.5 Å². The van der Waals surface area contributed by atoms with Crippen molar-refractivity contribution in [3.05, 3.63) is 80.5 Å². The topological polar surface area (TPSA) is 72.2 Å². The second-order valence-corrected chi connectivity index (χ2v) is 7.75. The predicted octanol–water partition coefficient (Wildman–Crippen LogP) is 5.09. The normalized spacial score (nSPS) is 11.0. The molecule has 0 aliphatic carbocycles. The van der Waals surface area contributed by atoms with Gasteiger partial charge in [0.1, 0.15) is 5.76 Å². The van der Waals surface area contributed by atoms with Gasteiger partial charge in [-0.25, -0.2) is 4.98 Å². The Hall–Kier alpha value is -3.25. The minimum Gasteiger partial charge on any atom is -0.455 e. The summed E-state index contributed by atoms with van der Waals surface area (Å²) in [6.07, 6.45) is 0. The maximum absolute atomic E-state index is 12.9. The van der Waals surface area contributed by atoms with Crippen molar-refractivity contribution < 1.29 is 9.21 Å². The van der Waals surface area contributed by atoms with Gasteiger partial charge >= 0.3 is 0 Å².